The third-order valence-corrected chi connectivity index (χ3v) is 2.07. The Bertz CT molecular complexity index is 245. The Morgan fingerprint density at radius 1 is 1.67 bits per heavy atom. The Morgan fingerprint density at radius 2 is 2.33 bits per heavy atom. The number of amides is 2. The number of rotatable bonds is 6. The SMILES string of the molecule is C=CCC(CC)NC(=O)NCC(C)C#N. The molecule has 15 heavy (non-hydrogen) atoms. The van der Waals surface area contributed by atoms with Crippen LogP contribution in [0.5, 0.6) is 0 Å². The summed E-state index contributed by atoms with van der Waals surface area (Å²) in [5.74, 6) is -0.157. The fraction of sp³-hybridized carbons (Fsp3) is 0.636. The van der Waals surface area contributed by atoms with Gasteiger partial charge in [-0.15, -0.1) is 6.58 Å². The second kappa shape index (κ2) is 7.86. The molecule has 0 spiro atoms. The van der Waals surface area contributed by atoms with Crippen LogP contribution in [0.1, 0.15) is 26.7 Å². The van der Waals surface area contributed by atoms with Crippen LogP contribution in [0.25, 0.3) is 0 Å². The molecule has 0 bridgehead atoms. The average molecular weight is 209 g/mol. The molecule has 0 aromatic carbocycles. The predicted molar refractivity (Wildman–Crippen MR) is 60.2 cm³/mol. The van der Waals surface area contributed by atoms with Crippen LogP contribution in [-0.2, 0) is 0 Å². The van der Waals surface area contributed by atoms with Crippen LogP contribution in [0.15, 0.2) is 12.7 Å². The van der Waals surface area contributed by atoms with Gasteiger partial charge in [-0.1, -0.05) is 13.0 Å². The second-order valence-electron chi connectivity index (χ2n) is 3.51. The lowest BCUT2D eigenvalue weighted by molar-refractivity contribution is 0.236. The molecule has 0 aliphatic heterocycles. The first-order valence-electron chi connectivity index (χ1n) is 5.18. The van der Waals surface area contributed by atoms with Gasteiger partial charge in [-0.25, -0.2) is 4.79 Å². The number of nitriles is 1. The van der Waals surface area contributed by atoms with Crippen molar-refractivity contribution in [2.24, 2.45) is 5.92 Å². The molecule has 2 amide bonds. The molecule has 0 rings (SSSR count). The molecule has 0 heterocycles. The summed E-state index contributed by atoms with van der Waals surface area (Å²) in [7, 11) is 0. The van der Waals surface area contributed by atoms with Gasteiger partial charge in [0.2, 0.25) is 0 Å². The highest BCUT2D eigenvalue weighted by Gasteiger charge is 2.08. The standard InChI is InChI=1S/C11H19N3O/c1-4-6-10(5-2)14-11(15)13-8-9(3)7-12/h4,9-10H,1,5-6,8H2,2-3H3,(H2,13,14,15). The van der Waals surface area contributed by atoms with Crippen molar-refractivity contribution in [3.8, 4) is 6.07 Å². The van der Waals surface area contributed by atoms with Gasteiger partial charge >= 0.3 is 6.03 Å². The molecule has 2 unspecified atom stereocenters. The Morgan fingerprint density at radius 3 is 2.80 bits per heavy atom. The highest BCUT2D eigenvalue weighted by Crippen LogP contribution is 1.97. The van der Waals surface area contributed by atoms with Crippen molar-refractivity contribution >= 4 is 6.03 Å². The van der Waals surface area contributed by atoms with E-state index in [2.05, 4.69) is 23.3 Å². The van der Waals surface area contributed by atoms with Crippen LogP contribution >= 0.6 is 0 Å². The normalized spacial score (nSPS) is 13.4. The first-order chi connectivity index (χ1) is 7.13. The molecule has 0 aliphatic rings. The fourth-order valence-corrected chi connectivity index (χ4v) is 1.06. The van der Waals surface area contributed by atoms with Gasteiger partial charge in [0.15, 0.2) is 0 Å². The number of carbonyl (C=O) groups is 1. The molecule has 0 aliphatic carbocycles. The Labute approximate surface area is 91.4 Å². The topological polar surface area (TPSA) is 64.9 Å². The summed E-state index contributed by atoms with van der Waals surface area (Å²) in [4.78, 5) is 11.3. The average Bonchev–Trinajstić information content (AvgIpc) is 2.25. The van der Waals surface area contributed by atoms with E-state index in [1.807, 2.05) is 6.92 Å². The van der Waals surface area contributed by atoms with Crippen molar-refractivity contribution in [2.75, 3.05) is 6.54 Å². The van der Waals surface area contributed by atoms with Gasteiger partial charge in [-0.05, 0) is 19.8 Å². The first kappa shape index (κ1) is 13.5. The third-order valence-electron chi connectivity index (χ3n) is 2.07. The highest BCUT2D eigenvalue weighted by molar-refractivity contribution is 5.74. The molecule has 2 atom stereocenters. The molecule has 0 aromatic rings. The minimum Gasteiger partial charge on any atom is -0.337 e. The molecular weight excluding hydrogens is 190 g/mol. The predicted octanol–water partition coefficient (Wildman–Crippen LogP) is 1.80. The maximum Gasteiger partial charge on any atom is 0.315 e. The van der Waals surface area contributed by atoms with E-state index in [-0.39, 0.29) is 18.0 Å². The summed E-state index contributed by atoms with van der Waals surface area (Å²) >= 11 is 0. The van der Waals surface area contributed by atoms with Gasteiger partial charge < -0.3 is 10.6 Å². The molecule has 4 nitrogen and oxygen atoms in total. The van der Waals surface area contributed by atoms with Gasteiger partial charge in [-0.3, -0.25) is 0 Å². The van der Waals surface area contributed by atoms with Crippen LogP contribution in [0.2, 0.25) is 0 Å². The smallest absolute Gasteiger partial charge is 0.315 e. The zero-order chi connectivity index (χ0) is 11.7. The maximum atomic E-state index is 11.3. The Balaban J connectivity index is 3.81. The second-order valence-corrected chi connectivity index (χ2v) is 3.51. The molecule has 0 radical (unpaired) electrons. The van der Waals surface area contributed by atoms with E-state index in [1.54, 1.807) is 13.0 Å². The third kappa shape index (κ3) is 6.55. The number of hydrogen-bond acceptors (Lipinski definition) is 2. The molecule has 0 aromatic heterocycles. The van der Waals surface area contributed by atoms with Crippen molar-refractivity contribution in [1.29, 1.82) is 5.26 Å². The molecule has 4 heteroatoms. The van der Waals surface area contributed by atoms with Crippen LogP contribution in [0, 0.1) is 17.2 Å². The van der Waals surface area contributed by atoms with Gasteiger partial charge in [0.05, 0.1) is 12.0 Å². The minimum absolute atomic E-state index is 0.125. The van der Waals surface area contributed by atoms with E-state index in [0.29, 0.717) is 6.54 Å². The molecular formula is C11H19N3O. The monoisotopic (exact) mass is 209 g/mol. The van der Waals surface area contributed by atoms with Crippen LogP contribution in [-0.4, -0.2) is 18.6 Å². The van der Waals surface area contributed by atoms with Crippen LogP contribution in [0.3, 0.4) is 0 Å². The lowest BCUT2D eigenvalue weighted by Crippen LogP contribution is -2.42. The van der Waals surface area contributed by atoms with Gasteiger partial charge in [0, 0.05) is 12.6 Å². The number of nitrogens with zero attached hydrogens (tertiary/aromatic N) is 1. The lowest BCUT2D eigenvalue weighted by atomic mass is 10.1. The summed E-state index contributed by atoms with van der Waals surface area (Å²) < 4.78 is 0. The van der Waals surface area contributed by atoms with E-state index in [9.17, 15) is 4.79 Å². The van der Waals surface area contributed by atoms with E-state index in [1.165, 1.54) is 0 Å². The molecule has 2 N–H and O–H groups in total. The minimum atomic E-state index is -0.217. The molecule has 0 fully saturated rings. The Hall–Kier alpha value is -1.50. The number of carbonyl (C=O) groups excluding carboxylic acids is 1. The van der Waals surface area contributed by atoms with Crippen molar-refractivity contribution in [1.82, 2.24) is 10.6 Å². The van der Waals surface area contributed by atoms with Crippen molar-refractivity contribution in [2.45, 2.75) is 32.7 Å². The highest BCUT2D eigenvalue weighted by atomic mass is 16.2. The molecule has 84 valence electrons. The summed E-state index contributed by atoms with van der Waals surface area (Å²) in [5, 5.41) is 14.0. The largest absolute Gasteiger partial charge is 0.337 e. The van der Waals surface area contributed by atoms with Crippen molar-refractivity contribution in [3.63, 3.8) is 0 Å². The van der Waals surface area contributed by atoms with Crippen molar-refractivity contribution < 1.29 is 4.79 Å². The summed E-state index contributed by atoms with van der Waals surface area (Å²) in [6.45, 7) is 7.78. The van der Waals surface area contributed by atoms with Crippen molar-refractivity contribution in [3.05, 3.63) is 12.7 Å². The zero-order valence-corrected chi connectivity index (χ0v) is 9.42. The summed E-state index contributed by atoms with van der Waals surface area (Å²) in [6, 6.07) is 1.96. The summed E-state index contributed by atoms with van der Waals surface area (Å²) in [6.07, 6.45) is 3.41. The Kier molecular flexibility index (Phi) is 7.08. The van der Waals surface area contributed by atoms with Gasteiger partial charge in [0.1, 0.15) is 0 Å². The molecule has 0 saturated heterocycles. The fourth-order valence-electron chi connectivity index (χ4n) is 1.06. The van der Waals surface area contributed by atoms with Crippen LogP contribution in [0.4, 0.5) is 4.79 Å². The van der Waals surface area contributed by atoms with Gasteiger partial charge in [0.25, 0.3) is 0 Å². The first-order valence-corrected chi connectivity index (χ1v) is 5.18. The molecule has 0 saturated carbocycles. The van der Waals surface area contributed by atoms with Crippen LogP contribution < -0.4 is 10.6 Å². The lowest BCUT2D eigenvalue weighted by Gasteiger charge is -2.15. The van der Waals surface area contributed by atoms with E-state index >= 15 is 0 Å². The summed E-state index contributed by atoms with van der Waals surface area (Å²) in [5.41, 5.74) is 0. The zero-order valence-electron chi connectivity index (χ0n) is 9.42. The number of urea groups is 1. The number of nitrogens with one attached hydrogen (secondary N) is 2. The number of hydrogen-bond donors (Lipinski definition) is 2. The quantitative estimate of drug-likeness (QED) is 0.655. The van der Waals surface area contributed by atoms with E-state index in [0.717, 1.165) is 12.8 Å². The van der Waals surface area contributed by atoms with Gasteiger partial charge in [-0.2, -0.15) is 5.26 Å². The van der Waals surface area contributed by atoms with E-state index < -0.39 is 0 Å². The van der Waals surface area contributed by atoms with E-state index in [4.69, 9.17) is 5.26 Å². The maximum absolute atomic E-state index is 11.3.